The summed E-state index contributed by atoms with van der Waals surface area (Å²) in [6, 6.07) is 11.3. The maximum atomic E-state index is 12.8. The average molecular weight is 286 g/mol. The Balaban J connectivity index is 1.85. The van der Waals surface area contributed by atoms with Gasteiger partial charge in [-0.3, -0.25) is 10.1 Å². The number of nitrogens with zero attached hydrogens (tertiary/aromatic N) is 1. The number of rotatable bonds is 2. The van der Waals surface area contributed by atoms with Gasteiger partial charge in [-0.2, -0.15) is 0 Å². The van der Waals surface area contributed by atoms with Gasteiger partial charge in [0.2, 0.25) is 0 Å². The molecule has 0 aliphatic carbocycles. The number of fused-ring (bicyclic) bond motifs is 1. The van der Waals surface area contributed by atoms with Crippen molar-refractivity contribution in [2.75, 3.05) is 5.32 Å². The predicted molar refractivity (Wildman–Crippen MR) is 78.7 cm³/mol. The third-order valence-corrected chi connectivity index (χ3v) is 3.80. The van der Waals surface area contributed by atoms with Crippen molar-refractivity contribution >= 4 is 32.6 Å². The van der Waals surface area contributed by atoms with E-state index in [0.29, 0.717) is 10.7 Å². The fraction of sp³-hybridized carbons (Fsp3) is 0.0667. The van der Waals surface area contributed by atoms with Crippen molar-refractivity contribution in [1.29, 1.82) is 0 Å². The highest BCUT2D eigenvalue weighted by Gasteiger charge is 2.10. The minimum Gasteiger partial charge on any atom is -0.298 e. The molecular formula is C15H11FN2OS. The second kappa shape index (κ2) is 5.02. The van der Waals surface area contributed by atoms with E-state index in [9.17, 15) is 9.18 Å². The van der Waals surface area contributed by atoms with Crippen LogP contribution in [0.25, 0.3) is 10.2 Å². The van der Waals surface area contributed by atoms with Crippen molar-refractivity contribution in [3.05, 3.63) is 59.4 Å². The van der Waals surface area contributed by atoms with Gasteiger partial charge in [-0.1, -0.05) is 17.4 Å². The van der Waals surface area contributed by atoms with Crippen LogP contribution in [0.3, 0.4) is 0 Å². The molecule has 0 atom stereocenters. The molecular weight excluding hydrogens is 275 g/mol. The topological polar surface area (TPSA) is 42.0 Å². The minimum atomic E-state index is -0.364. The summed E-state index contributed by atoms with van der Waals surface area (Å²) >= 11 is 1.42. The van der Waals surface area contributed by atoms with Crippen LogP contribution in [0.1, 0.15) is 15.9 Å². The lowest BCUT2D eigenvalue weighted by Gasteiger charge is -2.00. The number of carbonyl (C=O) groups excluding carboxylic acids is 1. The molecule has 0 saturated carbocycles. The van der Waals surface area contributed by atoms with Gasteiger partial charge in [0.25, 0.3) is 5.91 Å². The lowest BCUT2D eigenvalue weighted by atomic mass is 10.2. The fourth-order valence-electron chi connectivity index (χ4n) is 1.86. The highest BCUT2D eigenvalue weighted by molar-refractivity contribution is 7.22. The second-order valence-electron chi connectivity index (χ2n) is 4.45. The minimum absolute atomic E-state index is 0.291. The Morgan fingerprint density at radius 1 is 1.20 bits per heavy atom. The molecule has 3 nitrogen and oxygen atoms in total. The first-order valence-electron chi connectivity index (χ1n) is 6.06. The normalized spacial score (nSPS) is 10.7. The quantitative estimate of drug-likeness (QED) is 0.773. The van der Waals surface area contributed by atoms with E-state index in [1.54, 1.807) is 0 Å². The summed E-state index contributed by atoms with van der Waals surface area (Å²) < 4.78 is 13.8. The van der Waals surface area contributed by atoms with Crippen LogP contribution in [0, 0.1) is 12.7 Å². The Bertz CT molecular complexity index is 780. The zero-order chi connectivity index (χ0) is 14.1. The third-order valence-electron chi connectivity index (χ3n) is 2.87. The molecule has 3 rings (SSSR count). The number of hydrogen-bond donors (Lipinski definition) is 1. The van der Waals surface area contributed by atoms with Crippen LogP contribution in [-0.2, 0) is 0 Å². The number of amides is 1. The van der Waals surface area contributed by atoms with Crippen LogP contribution < -0.4 is 5.32 Å². The van der Waals surface area contributed by atoms with Crippen LogP contribution in [0.15, 0.2) is 42.5 Å². The van der Waals surface area contributed by atoms with Crippen molar-refractivity contribution in [2.45, 2.75) is 6.92 Å². The van der Waals surface area contributed by atoms with Crippen molar-refractivity contribution < 1.29 is 9.18 Å². The standard InChI is InChI=1S/C15H11FN2OS/c1-9-2-7-12-13(8-9)20-15(17-12)18-14(19)10-3-5-11(16)6-4-10/h2-8H,1H3,(H,17,18,19)/i16+0. The Kier molecular flexibility index (Phi) is 3.20. The van der Waals surface area contributed by atoms with Gasteiger partial charge in [0.15, 0.2) is 5.13 Å². The molecule has 0 spiro atoms. The first kappa shape index (κ1) is 12.7. The largest absolute Gasteiger partial charge is 0.298 e. The van der Waals surface area contributed by atoms with Gasteiger partial charge in [-0.15, -0.1) is 0 Å². The molecule has 20 heavy (non-hydrogen) atoms. The summed E-state index contributed by atoms with van der Waals surface area (Å²) in [5.74, 6) is -0.655. The molecule has 0 radical (unpaired) electrons. The molecule has 3 aromatic rings. The monoisotopic (exact) mass is 286 g/mol. The number of thiazole rings is 1. The van der Waals surface area contributed by atoms with Crippen molar-refractivity contribution in [2.24, 2.45) is 0 Å². The zero-order valence-electron chi connectivity index (χ0n) is 10.7. The van der Waals surface area contributed by atoms with Gasteiger partial charge in [0, 0.05) is 5.56 Å². The van der Waals surface area contributed by atoms with Crippen molar-refractivity contribution in [3.63, 3.8) is 0 Å². The number of anilines is 1. The summed E-state index contributed by atoms with van der Waals surface area (Å²) in [6.07, 6.45) is 0. The van der Waals surface area contributed by atoms with Crippen LogP contribution in [0.2, 0.25) is 0 Å². The van der Waals surface area contributed by atoms with E-state index in [2.05, 4.69) is 10.3 Å². The molecule has 0 unspecified atom stereocenters. The Morgan fingerprint density at radius 3 is 2.70 bits per heavy atom. The first-order chi connectivity index (χ1) is 9.61. The van der Waals surface area contributed by atoms with Gasteiger partial charge in [-0.25, -0.2) is 9.37 Å². The maximum absolute atomic E-state index is 12.8. The lowest BCUT2D eigenvalue weighted by molar-refractivity contribution is 0.102. The van der Waals surface area contributed by atoms with Crippen molar-refractivity contribution in [3.8, 4) is 0 Å². The summed E-state index contributed by atoms with van der Waals surface area (Å²) in [7, 11) is 0. The zero-order valence-corrected chi connectivity index (χ0v) is 11.5. The van der Waals surface area contributed by atoms with Crippen LogP contribution in [-0.4, -0.2) is 10.9 Å². The van der Waals surface area contributed by atoms with Gasteiger partial charge in [-0.05, 0) is 48.9 Å². The van der Waals surface area contributed by atoms with E-state index >= 15 is 0 Å². The second-order valence-corrected chi connectivity index (χ2v) is 5.48. The number of hydrogen-bond acceptors (Lipinski definition) is 3. The number of benzene rings is 2. The Morgan fingerprint density at radius 2 is 1.95 bits per heavy atom. The molecule has 1 amide bonds. The number of nitrogens with one attached hydrogen (secondary N) is 1. The molecule has 0 bridgehead atoms. The first-order valence-corrected chi connectivity index (χ1v) is 6.87. The van der Waals surface area contributed by atoms with Crippen LogP contribution in [0.4, 0.5) is 9.52 Å². The Hall–Kier alpha value is -2.27. The molecule has 0 aliphatic heterocycles. The summed E-state index contributed by atoms with van der Waals surface area (Å²) in [4.78, 5) is 16.4. The van der Waals surface area contributed by atoms with Gasteiger partial charge in [0.1, 0.15) is 5.82 Å². The van der Waals surface area contributed by atoms with E-state index in [4.69, 9.17) is 0 Å². The molecule has 0 saturated heterocycles. The average Bonchev–Trinajstić information content (AvgIpc) is 2.80. The molecule has 1 N–H and O–H groups in total. The van der Waals surface area contributed by atoms with Gasteiger partial charge in [0.05, 0.1) is 10.2 Å². The third kappa shape index (κ3) is 2.53. The summed E-state index contributed by atoms with van der Waals surface area (Å²) in [6.45, 7) is 2.01. The van der Waals surface area contributed by atoms with E-state index in [0.717, 1.165) is 15.8 Å². The number of aromatic nitrogens is 1. The van der Waals surface area contributed by atoms with Crippen molar-refractivity contribution in [1.82, 2.24) is 4.98 Å². The van der Waals surface area contributed by atoms with Gasteiger partial charge < -0.3 is 0 Å². The molecule has 1 aromatic heterocycles. The van der Waals surface area contributed by atoms with Gasteiger partial charge >= 0.3 is 0 Å². The van der Waals surface area contributed by atoms with E-state index in [1.165, 1.54) is 35.6 Å². The Labute approximate surface area is 119 Å². The molecule has 0 fully saturated rings. The SMILES string of the molecule is Cc1ccc2nc(NC(=O)c3ccc([19F])cc3)sc2c1. The molecule has 100 valence electrons. The highest BCUT2D eigenvalue weighted by Crippen LogP contribution is 2.26. The predicted octanol–water partition coefficient (Wildman–Crippen LogP) is 4.00. The summed E-state index contributed by atoms with van der Waals surface area (Å²) in [5.41, 5.74) is 2.41. The fourth-order valence-corrected chi connectivity index (χ4v) is 2.81. The summed E-state index contributed by atoms with van der Waals surface area (Å²) in [5, 5.41) is 3.27. The smallest absolute Gasteiger partial charge is 0.257 e. The van der Waals surface area contributed by atoms with E-state index in [1.807, 2.05) is 25.1 Å². The van der Waals surface area contributed by atoms with E-state index < -0.39 is 0 Å². The number of aryl methyl sites for hydroxylation is 1. The van der Waals surface area contributed by atoms with Crippen LogP contribution >= 0.6 is 11.3 Å². The van der Waals surface area contributed by atoms with Crippen LogP contribution in [0.5, 0.6) is 0 Å². The number of halogens is 1. The highest BCUT2D eigenvalue weighted by atomic mass is 32.1. The maximum Gasteiger partial charge on any atom is 0.257 e. The molecule has 0 aliphatic rings. The molecule has 2 aromatic carbocycles. The van der Waals surface area contributed by atoms with E-state index in [-0.39, 0.29) is 11.7 Å². The number of carbonyl (C=O) groups is 1. The molecule has 5 heteroatoms. The molecule has 1 heterocycles. The lowest BCUT2D eigenvalue weighted by Crippen LogP contribution is -2.11.